The number of nitrogens with one attached hydrogen (secondary N) is 2. The molecule has 50 heavy (non-hydrogen) atoms. The van der Waals surface area contributed by atoms with Crippen LogP contribution in [0.1, 0.15) is 73.2 Å². The monoisotopic (exact) mass is 693 g/mol. The van der Waals surface area contributed by atoms with Crippen LogP contribution in [0.5, 0.6) is 28.7 Å². The highest BCUT2D eigenvalue weighted by molar-refractivity contribution is 5.85. The highest BCUT2D eigenvalue weighted by atomic mass is 16.7. The second-order valence-electron chi connectivity index (χ2n) is 13.9. The summed E-state index contributed by atoms with van der Waals surface area (Å²) in [5.74, 6) is 0.305. The minimum atomic E-state index is -0.973. The average Bonchev–Trinajstić information content (AvgIpc) is 3.04. The maximum Gasteiger partial charge on any atom is 0.408 e. The predicted molar refractivity (Wildman–Crippen MR) is 183 cm³/mol. The molecule has 0 spiro atoms. The number of ether oxygens (including phenoxy) is 5. The summed E-state index contributed by atoms with van der Waals surface area (Å²) in [4.78, 5) is 29.9. The maximum absolute atomic E-state index is 13.4. The summed E-state index contributed by atoms with van der Waals surface area (Å²) in [5, 5.41) is 39.6. The van der Waals surface area contributed by atoms with Crippen LogP contribution in [-0.4, -0.2) is 97.5 Å². The van der Waals surface area contributed by atoms with Gasteiger partial charge in [-0.1, -0.05) is 6.07 Å². The number of amides is 2. The number of benzene rings is 2. The number of aromatic hydroxyl groups is 2. The summed E-state index contributed by atoms with van der Waals surface area (Å²) in [6.45, 7) is 10.1. The minimum Gasteiger partial charge on any atom is -0.507 e. The Balaban J connectivity index is 1.67. The van der Waals surface area contributed by atoms with Gasteiger partial charge in [0.25, 0.3) is 0 Å². The van der Waals surface area contributed by atoms with Crippen molar-refractivity contribution in [3.8, 4) is 34.8 Å². The molecule has 2 aromatic rings. The van der Waals surface area contributed by atoms with Crippen molar-refractivity contribution >= 4 is 18.1 Å². The van der Waals surface area contributed by atoms with Gasteiger partial charge in [-0.25, -0.2) is 4.79 Å². The highest BCUT2D eigenvalue weighted by Gasteiger charge is 2.53. The number of phenolic OH excluding ortho intramolecular Hbond substituents is 2. The summed E-state index contributed by atoms with van der Waals surface area (Å²) < 4.78 is 28.1. The first-order valence-corrected chi connectivity index (χ1v) is 16.4. The van der Waals surface area contributed by atoms with Crippen molar-refractivity contribution in [2.45, 2.75) is 83.8 Å². The van der Waals surface area contributed by atoms with Gasteiger partial charge in [-0.3, -0.25) is 9.69 Å². The first-order valence-electron chi connectivity index (χ1n) is 16.4. The number of methoxy groups -OCH3 is 3. The van der Waals surface area contributed by atoms with Crippen LogP contribution in [-0.2, 0) is 20.7 Å². The van der Waals surface area contributed by atoms with E-state index < -0.39 is 41.8 Å². The second kappa shape index (κ2) is 13.8. The number of hydrogen-bond acceptors (Lipinski definition) is 12. The second-order valence-corrected chi connectivity index (χ2v) is 13.9. The van der Waals surface area contributed by atoms with E-state index in [4.69, 9.17) is 23.7 Å². The number of carbonyl (C=O) groups is 2. The summed E-state index contributed by atoms with van der Waals surface area (Å²) in [5.41, 5.74) is 3.53. The molecule has 0 unspecified atom stereocenters. The third-order valence-electron chi connectivity index (χ3n) is 9.55. The van der Waals surface area contributed by atoms with Crippen LogP contribution >= 0.6 is 0 Å². The quantitative estimate of drug-likeness (QED) is 0.220. The molecule has 1 fully saturated rings. The van der Waals surface area contributed by atoms with E-state index in [1.807, 2.05) is 18.9 Å². The van der Waals surface area contributed by atoms with Crippen molar-refractivity contribution in [2.75, 3.05) is 41.7 Å². The number of nitrogens with zero attached hydrogens (tertiary/aromatic N) is 3. The Kier molecular flexibility index (Phi) is 10.0. The molecule has 0 saturated carbocycles. The molecule has 1 saturated heterocycles. The molecule has 3 aliphatic heterocycles. The smallest absolute Gasteiger partial charge is 0.408 e. The van der Waals surface area contributed by atoms with Crippen molar-refractivity contribution in [1.29, 1.82) is 5.26 Å². The van der Waals surface area contributed by atoms with Crippen LogP contribution in [0.4, 0.5) is 4.79 Å². The molecule has 3 aliphatic rings. The molecular formula is C36H47N5O9. The fraction of sp³-hybridized carbons (Fsp3) is 0.528. The molecule has 5 atom stereocenters. The van der Waals surface area contributed by atoms with E-state index in [0.717, 1.165) is 16.7 Å². The number of likely N-dealkylation sites (N-methyl/N-ethyl adjacent to an activating group) is 1. The van der Waals surface area contributed by atoms with E-state index in [1.54, 1.807) is 40.9 Å². The van der Waals surface area contributed by atoms with Gasteiger partial charge in [0, 0.05) is 47.6 Å². The lowest BCUT2D eigenvalue weighted by Crippen LogP contribution is -2.62. The zero-order valence-corrected chi connectivity index (χ0v) is 30.3. The van der Waals surface area contributed by atoms with E-state index in [1.165, 1.54) is 21.1 Å². The van der Waals surface area contributed by atoms with Gasteiger partial charge in [0.1, 0.15) is 23.4 Å². The van der Waals surface area contributed by atoms with Crippen LogP contribution in [0.3, 0.4) is 0 Å². The Hall–Kier alpha value is -4.87. The van der Waals surface area contributed by atoms with Crippen LogP contribution < -0.4 is 24.8 Å². The molecule has 5 rings (SSSR count). The summed E-state index contributed by atoms with van der Waals surface area (Å²) >= 11 is 0. The van der Waals surface area contributed by atoms with E-state index >= 15 is 0 Å². The Morgan fingerprint density at radius 3 is 2.36 bits per heavy atom. The molecular weight excluding hydrogens is 646 g/mol. The lowest BCUT2D eigenvalue weighted by Gasteiger charge is -2.57. The van der Waals surface area contributed by atoms with Crippen molar-refractivity contribution in [3.05, 3.63) is 45.1 Å². The zero-order valence-electron chi connectivity index (χ0n) is 30.3. The normalized spacial score (nSPS) is 21.4. The molecule has 14 nitrogen and oxygen atoms in total. The zero-order chi connectivity index (χ0) is 36.8. The Morgan fingerprint density at radius 2 is 1.76 bits per heavy atom. The average molecular weight is 694 g/mol. The Bertz CT molecular complexity index is 1760. The number of rotatable bonds is 9. The van der Waals surface area contributed by atoms with Crippen LogP contribution in [0, 0.1) is 25.2 Å². The van der Waals surface area contributed by atoms with Crippen LogP contribution in [0.25, 0.3) is 6.08 Å². The van der Waals surface area contributed by atoms with Crippen molar-refractivity contribution in [3.63, 3.8) is 0 Å². The molecule has 2 amide bonds. The number of aryl methyl sites for hydroxylation is 1. The van der Waals surface area contributed by atoms with E-state index in [2.05, 4.69) is 27.7 Å². The van der Waals surface area contributed by atoms with Gasteiger partial charge in [0.15, 0.2) is 29.8 Å². The highest BCUT2D eigenvalue weighted by Crippen LogP contribution is 2.58. The van der Waals surface area contributed by atoms with Gasteiger partial charge < -0.3 is 49.4 Å². The number of phenols is 2. The standard InChI is InChI=1S/C36H47N5O9/c1-17-11-20-12-22-24(14-37)41-23(28(40(22)7)26(20)33(31(17)47-9)49-16-46-8)13-21-27(30(43)32(48-10)18(2)29(21)42)25(41)15-38-34(44)19(3)39-35(45)50-36(4,5)6/h11,13,19,22,24-25,28,42-43H,12,15-16H2,1-10H3,(H,38,44)(H,39,45)/t19-,22+,24+,25+,28+/m1/s1. The topological polar surface area (TPSA) is 175 Å². The number of alkyl carbamates (subject to hydrolysis) is 1. The molecule has 14 heteroatoms. The van der Waals surface area contributed by atoms with Crippen LogP contribution in [0.2, 0.25) is 0 Å². The number of hydrogen-bond donors (Lipinski definition) is 4. The van der Waals surface area contributed by atoms with E-state index in [0.29, 0.717) is 40.3 Å². The molecule has 4 N–H and O–H groups in total. The first kappa shape index (κ1) is 36.4. The SMILES string of the molecule is COCOc1c(OC)c(C)cc2c1[C@@H]1C3=Cc4c(O)c(C)c(OC)c(O)c4[C@H](CNC(=O)[C@@H](C)NC(=O)OC(C)(C)C)N3[C@@H](C#N)[C@H](C2)N1C. The molecule has 0 aliphatic carbocycles. The van der Waals surface area contributed by atoms with Gasteiger partial charge in [-0.2, -0.15) is 5.26 Å². The molecule has 270 valence electrons. The fourth-order valence-electron chi connectivity index (χ4n) is 7.44. The van der Waals surface area contributed by atoms with E-state index in [-0.39, 0.29) is 36.6 Å². The Labute approximate surface area is 292 Å². The van der Waals surface area contributed by atoms with Crippen molar-refractivity contribution in [1.82, 2.24) is 20.4 Å². The third kappa shape index (κ3) is 6.20. The number of nitriles is 1. The largest absolute Gasteiger partial charge is 0.507 e. The summed E-state index contributed by atoms with van der Waals surface area (Å²) in [6, 6.07) is 1.19. The molecule has 0 aromatic heterocycles. The molecule has 2 bridgehead atoms. The lowest BCUT2D eigenvalue weighted by molar-refractivity contribution is -0.123. The van der Waals surface area contributed by atoms with Crippen molar-refractivity contribution in [2.24, 2.45) is 0 Å². The van der Waals surface area contributed by atoms with E-state index in [9.17, 15) is 25.1 Å². The Morgan fingerprint density at radius 1 is 1.08 bits per heavy atom. The third-order valence-corrected chi connectivity index (χ3v) is 9.55. The summed E-state index contributed by atoms with van der Waals surface area (Å²) in [7, 11) is 6.45. The van der Waals surface area contributed by atoms with Gasteiger partial charge in [-0.05, 0) is 72.2 Å². The van der Waals surface area contributed by atoms with Gasteiger partial charge >= 0.3 is 6.09 Å². The number of piperazine rings is 1. The van der Waals surface area contributed by atoms with Gasteiger partial charge in [0.2, 0.25) is 5.91 Å². The number of carbonyl (C=O) groups excluding carboxylic acids is 2. The molecule has 3 heterocycles. The minimum absolute atomic E-state index is 0.0314. The lowest BCUT2D eigenvalue weighted by atomic mass is 9.75. The molecule has 2 aromatic carbocycles. The van der Waals surface area contributed by atoms with Crippen molar-refractivity contribution < 1.29 is 43.5 Å². The first-order chi connectivity index (χ1) is 23.6. The number of fused-ring (bicyclic) bond motifs is 7. The fourth-order valence-corrected chi connectivity index (χ4v) is 7.44. The summed E-state index contributed by atoms with van der Waals surface area (Å²) in [6.07, 6.45) is 1.53. The van der Waals surface area contributed by atoms with Crippen LogP contribution in [0.15, 0.2) is 11.8 Å². The maximum atomic E-state index is 13.4. The van der Waals surface area contributed by atoms with Gasteiger partial charge in [-0.15, -0.1) is 0 Å². The predicted octanol–water partition coefficient (Wildman–Crippen LogP) is 3.95. The molecule has 0 radical (unpaired) electrons. The van der Waals surface area contributed by atoms with Gasteiger partial charge in [0.05, 0.1) is 32.4 Å².